The summed E-state index contributed by atoms with van der Waals surface area (Å²) in [5.74, 6) is 0.976. The van der Waals surface area contributed by atoms with Crippen LogP contribution in [0.4, 0.5) is 11.5 Å². The summed E-state index contributed by atoms with van der Waals surface area (Å²) >= 11 is 6.05. The second-order valence-electron chi connectivity index (χ2n) is 3.58. The maximum absolute atomic E-state index is 8.89. The van der Waals surface area contributed by atoms with Gasteiger partial charge in [0.1, 0.15) is 11.1 Å². The Kier molecular flexibility index (Phi) is 4.16. The van der Waals surface area contributed by atoms with Gasteiger partial charge in [-0.05, 0) is 19.1 Å². The minimum atomic E-state index is 0.291. The van der Waals surface area contributed by atoms with Crippen LogP contribution in [-0.2, 0) is 0 Å². The summed E-state index contributed by atoms with van der Waals surface area (Å²) in [6.45, 7) is 2.46. The van der Waals surface area contributed by atoms with Gasteiger partial charge in [0.15, 0.2) is 5.82 Å². The van der Waals surface area contributed by atoms with E-state index in [1.165, 1.54) is 6.20 Å². The lowest BCUT2D eigenvalue weighted by Crippen LogP contribution is -1.98. The average Bonchev–Trinajstić information content (AvgIpc) is 2.43. The molecule has 19 heavy (non-hydrogen) atoms. The summed E-state index contributed by atoms with van der Waals surface area (Å²) in [4.78, 5) is 8.20. The number of pyridine rings is 2. The molecule has 2 rings (SSSR count). The van der Waals surface area contributed by atoms with Crippen LogP contribution in [0.1, 0.15) is 12.5 Å². The molecule has 0 aromatic carbocycles. The fourth-order valence-electron chi connectivity index (χ4n) is 1.44. The van der Waals surface area contributed by atoms with E-state index in [-0.39, 0.29) is 0 Å². The number of nitrogens with zero attached hydrogens (tertiary/aromatic N) is 3. The van der Waals surface area contributed by atoms with Crippen molar-refractivity contribution in [1.29, 1.82) is 5.26 Å². The second kappa shape index (κ2) is 6.03. The molecule has 0 unspecified atom stereocenters. The van der Waals surface area contributed by atoms with Crippen LogP contribution < -0.4 is 10.1 Å². The molecule has 1 N–H and O–H groups in total. The number of hydrogen-bond donors (Lipinski definition) is 1. The summed E-state index contributed by atoms with van der Waals surface area (Å²) in [6.07, 6.45) is 3.14. The molecule has 5 nitrogen and oxygen atoms in total. The highest BCUT2D eigenvalue weighted by molar-refractivity contribution is 6.34. The Hall–Kier alpha value is -2.32. The van der Waals surface area contributed by atoms with Gasteiger partial charge in [0.25, 0.3) is 0 Å². The number of halogens is 1. The van der Waals surface area contributed by atoms with Gasteiger partial charge in [-0.3, -0.25) is 0 Å². The van der Waals surface area contributed by atoms with Crippen LogP contribution >= 0.6 is 11.6 Å². The van der Waals surface area contributed by atoms with Crippen molar-refractivity contribution in [2.45, 2.75) is 6.92 Å². The van der Waals surface area contributed by atoms with E-state index in [1.54, 1.807) is 24.4 Å². The third kappa shape index (κ3) is 3.12. The lowest BCUT2D eigenvalue weighted by atomic mass is 10.3. The zero-order valence-corrected chi connectivity index (χ0v) is 11.0. The molecule has 0 saturated heterocycles. The third-order valence-electron chi connectivity index (χ3n) is 2.30. The summed E-state index contributed by atoms with van der Waals surface area (Å²) in [6, 6.07) is 7.10. The predicted molar refractivity (Wildman–Crippen MR) is 72.7 cm³/mol. The number of nitriles is 1. The molecule has 2 aromatic heterocycles. The molecule has 0 aliphatic heterocycles. The van der Waals surface area contributed by atoms with E-state index in [1.807, 2.05) is 13.0 Å². The van der Waals surface area contributed by atoms with Gasteiger partial charge >= 0.3 is 0 Å². The van der Waals surface area contributed by atoms with Crippen LogP contribution in [0.15, 0.2) is 30.6 Å². The van der Waals surface area contributed by atoms with Crippen molar-refractivity contribution in [2.75, 3.05) is 11.9 Å². The van der Waals surface area contributed by atoms with Gasteiger partial charge < -0.3 is 10.1 Å². The van der Waals surface area contributed by atoms with E-state index in [2.05, 4.69) is 15.3 Å². The van der Waals surface area contributed by atoms with Crippen molar-refractivity contribution in [2.24, 2.45) is 0 Å². The molecule has 0 aliphatic rings. The summed E-state index contributed by atoms with van der Waals surface area (Å²) in [5, 5.41) is 12.2. The molecule has 2 heterocycles. The Bertz CT molecular complexity index is 607. The lowest BCUT2D eigenvalue weighted by Gasteiger charge is -2.08. The van der Waals surface area contributed by atoms with E-state index in [0.29, 0.717) is 34.6 Å². The summed E-state index contributed by atoms with van der Waals surface area (Å²) < 4.78 is 5.25. The van der Waals surface area contributed by atoms with E-state index in [4.69, 9.17) is 21.6 Å². The molecule has 6 heteroatoms. The maximum Gasteiger partial charge on any atom is 0.213 e. The van der Waals surface area contributed by atoms with Crippen molar-refractivity contribution in [3.8, 4) is 11.9 Å². The van der Waals surface area contributed by atoms with Crippen LogP contribution in [0.2, 0.25) is 5.02 Å². The van der Waals surface area contributed by atoms with E-state index < -0.39 is 0 Å². The van der Waals surface area contributed by atoms with Crippen molar-refractivity contribution >= 4 is 23.1 Å². The van der Waals surface area contributed by atoms with Crippen LogP contribution in [0.25, 0.3) is 0 Å². The zero-order valence-electron chi connectivity index (χ0n) is 10.2. The Morgan fingerprint density at radius 2 is 2.21 bits per heavy atom. The van der Waals surface area contributed by atoms with Crippen LogP contribution in [0.5, 0.6) is 5.88 Å². The molecule has 0 aliphatic carbocycles. The Balaban J connectivity index is 2.19. The van der Waals surface area contributed by atoms with Gasteiger partial charge in [-0.25, -0.2) is 9.97 Å². The number of ether oxygens (including phenoxy) is 1. The van der Waals surface area contributed by atoms with Gasteiger partial charge in [0.2, 0.25) is 5.88 Å². The van der Waals surface area contributed by atoms with Crippen LogP contribution in [0, 0.1) is 11.3 Å². The highest BCUT2D eigenvalue weighted by Crippen LogP contribution is 2.26. The van der Waals surface area contributed by atoms with E-state index in [0.717, 1.165) is 0 Å². The zero-order chi connectivity index (χ0) is 13.7. The first-order valence-electron chi connectivity index (χ1n) is 5.65. The van der Waals surface area contributed by atoms with Gasteiger partial charge in [-0.1, -0.05) is 11.6 Å². The smallest absolute Gasteiger partial charge is 0.213 e. The molecular weight excluding hydrogens is 264 g/mol. The van der Waals surface area contributed by atoms with Crippen LogP contribution in [-0.4, -0.2) is 16.6 Å². The largest absolute Gasteiger partial charge is 0.478 e. The molecule has 0 radical (unpaired) electrons. The molecule has 0 amide bonds. The highest BCUT2D eigenvalue weighted by atomic mass is 35.5. The number of hydrogen-bond acceptors (Lipinski definition) is 5. The number of aromatic nitrogens is 2. The SMILES string of the molecule is CCOc1ccc(Nc2nccc(C#N)c2Cl)cn1. The van der Waals surface area contributed by atoms with Crippen molar-refractivity contribution < 1.29 is 4.74 Å². The molecule has 0 fully saturated rings. The maximum atomic E-state index is 8.89. The number of nitrogens with one attached hydrogen (secondary N) is 1. The molecule has 0 saturated carbocycles. The van der Waals surface area contributed by atoms with Gasteiger partial charge in [-0.15, -0.1) is 0 Å². The summed E-state index contributed by atoms with van der Waals surface area (Å²) in [5.41, 5.74) is 1.09. The highest BCUT2D eigenvalue weighted by Gasteiger charge is 2.07. The standard InChI is InChI=1S/C13H11ClN4O/c1-2-19-11-4-3-10(8-17-11)18-13-12(14)9(7-15)5-6-16-13/h3-6,8H,2H2,1H3,(H,16,18). The minimum absolute atomic E-state index is 0.291. The van der Waals surface area contributed by atoms with Gasteiger partial charge in [0.05, 0.1) is 24.1 Å². The molecule has 0 bridgehead atoms. The first-order chi connectivity index (χ1) is 9.24. The van der Waals surface area contributed by atoms with Crippen molar-refractivity contribution in [3.05, 3.63) is 41.2 Å². The quantitative estimate of drug-likeness (QED) is 0.927. The number of anilines is 2. The lowest BCUT2D eigenvalue weighted by molar-refractivity contribution is 0.327. The average molecular weight is 275 g/mol. The Morgan fingerprint density at radius 1 is 1.37 bits per heavy atom. The van der Waals surface area contributed by atoms with E-state index in [9.17, 15) is 0 Å². The fourth-order valence-corrected chi connectivity index (χ4v) is 1.64. The third-order valence-corrected chi connectivity index (χ3v) is 2.68. The predicted octanol–water partition coefficient (Wildman–Crippen LogP) is 3.14. The second-order valence-corrected chi connectivity index (χ2v) is 3.95. The van der Waals surface area contributed by atoms with Gasteiger partial charge in [0, 0.05) is 12.3 Å². The fraction of sp³-hybridized carbons (Fsp3) is 0.154. The molecule has 96 valence electrons. The van der Waals surface area contributed by atoms with Crippen molar-refractivity contribution in [1.82, 2.24) is 9.97 Å². The monoisotopic (exact) mass is 274 g/mol. The summed E-state index contributed by atoms with van der Waals surface area (Å²) in [7, 11) is 0. The van der Waals surface area contributed by atoms with Crippen LogP contribution in [0.3, 0.4) is 0 Å². The van der Waals surface area contributed by atoms with Gasteiger partial charge in [-0.2, -0.15) is 5.26 Å². The molecule has 2 aromatic rings. The Morgan fingerprint density at radius 3 is 2.84 bits per heavy atom. The molecule has 0 atom stereocenters. The van der Waals surface area contributed by atoms with Crippen molar-refractivity contribution in [3.63, 3.8) is 0 Å². The molecular formula is C13H11ClN4O. The Labute approximate surface area is 115 Å². The first kappa shape index (κ1) is 13.1. The normalized spacial score (nSPS) is 9.74. The topological polar surface area (TPSA) is 70.8 Å². The molecule has 0 spiro atoms. The first-order valence-corrected chi connectivity index (χ1v) is 6.03. The number of rotatable bonds is 4. The minimum Gasteiger partial charge on any atom is -0.478 e. The van der Waals surface area contributed by atoms with E-state index >= 15 is 0 Å².